The second kappa shape index (κ2) is 12.9. The van der Waals surface area contributed by atoms with Crippen LogP contribution >= 0.6 is 0 Å². The highest BCUT2D eigenvalue weighted by Gasteiger charge is 2.25. The highest BCUT2D eigenvalue weighted by molar-refractivity contribution is 6.25. The number of hydrogen-bond acceptors (Lipinski definition) is 1. The van der Waals surface area contributed by atoms with Gasteiger partial charge in [0.25, 0.3) is 0 Å². The second-order valence-electron chi connectivity index (χ2n) is 13.8. The van der Waals surface area contributed by atoms with Crippen LogP contribution in [-0.4, -0.2) is 6.04 Å². The zero-order chi connectivity index (χ0) is 32.6. The lowest BCUT2D eigenvalue weighted by Gasteiger charge is -2.37. The van der Waals surface area contributed by atoms with Gasteiger partial charge < -0.3 is 4.90 Å². The maximum absolute atomic E-state index is 2.60. The van der Waals surface area contributed by atoms with Crippen LogP contribution in [0.15, 0.2) is 186 Å². The third kappa shape index (κ3) is 5.64. The molecule has 238 valence electrons. The van der Waals surface area contributed by atoms with E-state index in [-0.39, 0.29) is 6.04 Å². The lowest BCUT2D eigenvalue weighted by atomic mass is 9.87. The molecule has 4 aliphatic carbocycles. The maximum atomic E-state index is 2.60. The molecule has 0 N–H and O–H groups in total. The minimum absolute atomic E-state index is 0.288. The summed E-state index contributed by atoms with van der Waals surface area (Å²) in [5, 5.41) is 7.89. The van der Waals surface area contributed by atoms with Crippen LogP contribution in [0.2, 0.25) is 0 Å². The number of hydrogen-bond donors (Lipinski definition) is 0. The molecule has 0 fully saturated rings. The van der Waals surface area contributed by atoms with Crippen molar-refractivity contribution < 1.29 is 0 Å². The molecular weight excluding hydrogens is 591 g/mol. The first-order chi connectivity index (χ1) is 24.3. The number of nitrogens with zero attached hydrogens (tertiary/aromatic N) is 1. The van der Waals surface area contributed by atoms with E-state index in [0.29, 0.717) is 5.92 Å². The van der Waals surface area contributed by atoms with E-state index < -0.39 is 0 Å². The third-order valence-electron chi connectivity index (χ3n) is 10.9. The van der Waals surface area contributed by atoms with E-state index in [1.165, 1.54) is 71.5 Å². The molecule has 0 bridgehead atoms. The molecule has 1 nitrogen and oxygen atoms in total. The van der Waals surface area contributed by atoms with Crippen LogP contribution in [0.1, 0.15) is 38.5 Å². The minimum atomic E-state index is 0.288. The largest absolute Gasteiger partial charge is 0.338 e. The zero-order valence-electron chi connectivity index (χ0n) is 27.9. The van der Waals surface area contributed by atoms with Crippen LogP contribution < -0.4 is 4.90 Å². The normalized spacial score (nSPS) is 20.3. The first kappa shape index (κ1) is 29.7. The molecule has 5 aromatic carbocycles. The van der Waals surface area contributed by atoms with E-state index in [0.717, 1.165) is 38.5 Å². The SMILES string of the molecule is C1=CCCC(C2=CC=C(N(c3ccc(-c4ccc5c6ccccc6c6ccccc6c5c4)cc3)C3C=CC(C4C=CC=CC4)=CC3)CC2)=C1. The molecule has 0 amide bonds. The van der Waals surface area contributed by atoms with Gasteiger partial charge in [0.2, 0.25) is 0 Å². The summed E-state index contributed by atoms with van der Waals surface area (Å²) in [6, 6.07) is 34.3. The molecule has 0 aromatic heterocycles. The topological polar surface area (TPSA) is 3.24 Å². The highest BCUT2D eigenvalue weighted by Crippen LogP contribution is 2.39. The molecule has 2 atom stereocenters. The second-order valence-corrected chi connectivity index (χ2v) is 13.8. The molecule has 0 saturated carbocycles. The van der Waals surface area contributed by atoms with Crippen molar-refractivity contribution in [1.82, 2.24) is 0 Å². The van der Waals surface area contributed by atoms with Crippen LogP contribution in [0, 0.1) is 5.92 Å². The van der Waals surface area contributed by atoms with Gasteiger partial charge in [-0.2, -0.15) is 0 Å². The molecule has 4 aliphatic rings. The predicted octanol–water partition coefficient (Wildman–Crippen LogP) is 12.9. The maximum Gasteiger partial charge on any atom is 0.0556 e. The first-order valence-corrected chi connectivity index (χ1v) is 18.0. The molecular formula is C48H41N. The average molecular weight is 632 g/mol. The van der Waals surface area contributed by atoms with Crippen LogP contribution in [0.3, 0.4) is 0 Å². The van der Waals surface area contributed by atoms with Crippen molar-refractivity contribution in [2.45, 2.75) is 44.6 Å². The number of allylic oxidation sites excluding steroid dienone is 14. The fraction of sp³-hybridized carbons (Fsp3) is 0.167. The molecule has 2 unspecified atom stereocenters. The smallest absolute Gasteiger partial charge is 0.0556 e. The van der Waals surface area contributed by atoms with Gasteiger partial charge in [-0.15, -0.1) is 0 Å². The molecule has 0 aliphatic heterocycles. The Bertz CT molecular complexity index is 2300. The van der Waals surface area contributed by atoms with E-state index >= 15 is 0 Å². The number of fused-ring (bicyclic) bond motifs is 6. The molecule has 9 rings (SSSR count). The minimum Gasteiger partial charge on any atom is -0.338 e. The Hall–Kier alpha value is -5.40. The molecule has 0 radical (unpaired) electrons. The summed E-state index contributed by atoms with van der Waals surface area (Å²) in [6.45, 7) is 0. The van der Waals surface area contributed by atoms with E-state index in [1.54, 1.807) is 0 Å². The van der Waals surface area contributed by atoms with Gasteiger partial charge in [0, 0.05) is 17.3 Å². The van der Waals surface area contributed by atoms with Gasteiger partial charge in [-0.25, -0.2) is 0 Å². The summed E-state index contributed by atoms with van der Waals surface area (Å²) in [5.74, 6) is 0.490. The predicted molar refractivity (Wildman–Crippen MR) is 211 cm³/mol. The van der Waals surface area contributed by atoms with Crippen molar-refractivity contribution in [2.24, 2.45) is 5.92 Å². The Morgan fingerprint density at radius 1 is 0.531 bits per heavy atom. The zero-order valence-corrected chi connectivity index (χ0v) is 27.9. The molecule has 49 heavy (non-hydrogen) atoms. The van der Waals surface area contributed by atoms with E-state index in [9.17, 15) is 0 Å². The van der Waals surface area contributed by atoms with E-state index in [1.807, 2.05) is 0 Å². The Morgan fingerprint density at radius 2 is 1.24 bits per heavy atom. The highest BCUT2D eigenvalue weighted by atomic mass is 15.2. The van der Waals surface area contributed by atoms with Crippen molar-refractivity contribution in [3.05, 3.63) is 186 Å². The van der Waals surface area contributed by atoms with Gasteiger partial charge in [-0.1, -0.05) is 140 Å². The summed E-state index contributed by atoms with van der Waals surface area (Å²) in [7, 11) is 0. The quantitative estimate of drug-likeness (QED) is 0.169. The van der Waals surface area contributed by atoms with Crippen molar-refractivity contribution in [1.29, 1.82) is 0 Å². The van der Waals surface area contributed by atoms with Crippen LogP contribution in [-0.2, 0) is 0 Å². The van der Waals surface area contributed by atoms with Gasteiger partial charge in [0.1, 0.15) is 0 Å². The van der Waals surface area contributed by atoms with Gasteiger partial charge in [0.15, 0.2) is 0 Å². The standard InChI is InChI=1S/C48H41N/c1-3-11-34(12-4-1)36-19-26-40(27-20-36)49(41-28-21-37(22-29-41)35-13-5-2-6-14-35)42-30-23-38(24-31-42)39-25-32-47-45-17-8-7-15-43(45)44-16-9-10-18-46(44)48(47)33-39/h1-5,7-11,13,15-21,23-26,28,30-34,40H,6,12,14,22,27,29H2. The van der Waals surface area contributed by atoms with Gasteiger partial charge in [0.05, 0.1) is 6.04 Å². The summed E-state index contributed by atoms with van der Waals surface area (Å²) < 4.78 is 0. The fourth-order valence-corrected chi connectivity index (χ4v) is 8.36. The van der Waals surface area contributed by atoms with Gasteiger partial charge in [-0.3, -0.25) is 0 Å². The Kier molecular flexibility index (Phi) is 7.82. The fourth-order valence-electron chi connectivity index (χ4n) is 8.36. The summed E-state index contributed by atoms with van der Waals surface area (Å²) >= 11 is 0. The van der Waals surface area contributed by atoms with Crippen molar-refractivity contribution >= 4 is 38.0 Å². The monoisotopic (exact) mass is 631 g/mol. The number of anilines is 1. The Balaban J connectivity index is 1.07. The van der Waals surface area contributed by atoms with Crippen molar-refractivity contribution in [3.63, 3.8) is 0 Å². The lowest BCUT2D eigenvalue weighted by Crippen LogP contribution is -2.34. The van der Waals surface area contributed by atoms with Crippen LogP contribution in [0.4, 0.5) is 5.69 Å². The molecule has 1 heteroatoms. The third-order valence-corrected chi connectivity index (χ3v) is 10.9. The Morgan fingerprint density at radius 3 is 1.88 bits per heavy atom. The number of rotatable bonds is 6. The van der Waals surface area contributed by atoms with Crippen LogP contribution in [0.25, 0.3) is 43.4 Å². The van der Waals surface area contributed by atoms with Gasteiger partial charge in [-0.05, 0) is 123 Å². The summed E-state index contributed by atoms with van der Waals surface area (Å²) in [4.78, 5) is 2.60. The van der Waals surface area contributed by atoms with E-state index in [2.05, 4.69) is 169 Å². The lowest BCUT2D eigenvalue weighted by molar-refractivity contribution is 0.693. The summed E-state index contributed by atoms with van der Waals surface area (Å²) in [6.07, 6.45) is 34.4. The molecule has 0 heterocycles. The Labute approximate surface area is 290 Å². The van der Waals surface area contributed by atoms with E-state index in [4.69, 9.17) is 0 Å². The van der Waals surface area contributed by atoms with Gasteiger partial charge >= 0.3 is 0 Å². The molecule has 5 aromatic rings. The summed E-state index contributed by atoms with van der Waals surface area (Å²) in [5.41, 5.74) is 9.61. The van der Waals surface area contributed by atoms with Crippen molar-refractivity contribution in [3.8, 4) is 11.1 Å². The van der Waals surface area contributed by atoms with Crippen LogP contribution in [0.5, 0.6) is 0 Å². The number of benzene rings is 5. The average Bonchev–Trinajstić information content (AvgIpc) is 3.19. The molecule has 0 spiro atoms. The van der Waals surface area contributed by atoms with Crippen molar-refractivity contribution in [2.75, 3.05) is 4.90 Å². The molecule has 0 saturated heterocycles. The first-order valence-electron chi connectivity index (χ1n) is 18.0.